The van der Waals surface area contributed by atoms with Crippen LogP contribution in [0.5, 0.6) is 23.0 Å². The smallest absolute Gasteiger partial charge is 0.203 e. The van der Waals surface area contributed by atoms with Gasteiger partial charge >= 0.3 is 0 Å². The summed E-state index contributed by atoms with van der Waals surface area (Å²) in [5, 5.41) is 13.5. The van der Waals surface area contributed by atoms with Gasteiger partial charge in [0.2, 0.25) is 5.75 Å². The number of piperidine rings is 1. The van der Waals surface area contributed by atoms with Gasteiger partial charge in [0.25, 0.3) is 0 Å². The molecule has 28 heavy (non-hydrogen) atoms. The van der Waals surface area contributed by atoms with Gasteiger partial charge in [-0.25, -0.2) is 0 Å². The quantitative estimate of drug-likeness (QED) is 0.798. The molecule has 0 aromatic heterocycles. The second kappa shape index (κ2) is 8.61. The highest BCUT2D eigenvalue weighted by Gasteiger charge is 2.26. The Balaban J connectivity index is 1.35. The van der Waals surface area contributed by atoms with Gasteiger partial charge in [0.15, 0.2) is 11.5 Å². The Bertz CT molecular complexity index is 798. The van der Waals surface area contributed by atoms with E-state index in [0.29, 0.717) is 30.7 Å². The molecule has 150 valence electrons. The van der Waals surface area contributed by atoms with Gasteiger partial charge in [-0.15, -0.1) is 0 Å². The number of phenolic OH excluding ortho intramolecular Hbond substituents is 1. The minimum absolute atomic E-state index is 0.121. The van der Waals surface area contributed by atoms with Gasteiger partial charge < -0.3 is 29.5 Å². The average molecular weight is 384 g/mol. The van der Waals surface area contributed by atoms with Crippen molar-refractivity contribution in [3.63, 3.8) is 0 Å². The van der Waals surface area contributed by atoms with E-state index in [9.17, 15) is 5.11 Å². The van der Waals surface area contributed by atoms with Crippen molar-refractivity contribution >= 4 is 5.69 Å². The molecule has 2 heterocycles. The van der Waals surface area contributed by atoms with E-state index in [0.717, 1.165) is 30.9 Å². The maximum Gasteiger partial charge on any atom is 0.203 e. The van der Waals surface area contributed by atoms with Crippen molar-refractivity contribution in [2.24, 2.45) is 0 Å². The molecule has 4 rings (SSSR count). The zero-order chi connectivity index (χ0) is 19.3. The molecule has 2 atom stereocenters. The summed E-state index contributed by atoms with van der Waals surface area (Å²) < 4.78 is 17.2. The Hall–Kier alpha value is -2.60. The van der Waals surface area contributed by atoms with E-state index in [2.05, 4.69) is 22.3 Å². The highest BCUT2D eigenvalue weighted by molar-refractivity contribution is 5.59. The molecule has 2 aromatic carbocycles. The molecule has 2 aliphatic rings. The molecule has 2 unspecified atom stereocenters. The SMILES string of the molecule is COc1ccccc1N1CCCCC1CNCC1COc2cccc(O)c2O1. The lowest BCUT2D eigenvalue weighted by Gasteiger charge is -2.38. The molecule has 0 amide bonds. The van der Waals surface area contributed by atoms with Crippen LogP contribution in [-0.4, -0.2) is 50.6 Å². The topological polar surface area (TPSA) is 63.2 Å². The van der Waals surface area contributed by atoms with Gasteiger partial charge in [0.05, 0.1) is 12.8 Å². The number of methoxy groups -OCH3 is 1. The van der Waals surface area contributed by atoms with Gasteiger partial charge in [-0.2, -0.15) is 0 Å². The molecule has 0 radical (unpaired) electrons. The average Bonchev–Trinajstić information content (AvgIpc) is 2.75. The Morgan fingerprint density at radius 2 is 2.04 bits per heavy atom. The fraction of sp³-hybridized carbons (Fsp3) is 0.455. The lowest BCUT2D eigenvalue weighted by Crippen LogP contribution is -2.48. The molecule has 6 nitrogen and oxygen atoms in total. The Kier molecular flexibility index (Phi) is 5.76. The first kappa shape index (κ1) is 18.7. The summed E-state index contributed by atoms with van der Waals surface area (Å²) in [5.74, 6) is 2.09. The molecule has 2 aliphatic heterocycles. The van der Waals surface area contributed by atoms with Crippen LogP contribution in [0.2, 0.25) is 0 Å². The number of nitrogens with zero attached hydrogens (tertiary/aromatic N) is 1. The third-order valence-corrected chi connectivity index (χ3v) is 5.44. The minimum Gasteiger partial charge on any atom is -0.504 e. The van der Waals surface area contributed by atoms with E-state index in [1.165, 1.54) is 12.8 Å². The Morgan fingerprint density at radius 1 is 1.14 bits per heavy atom. The van der Waals surface area contributed by atoms with E-state index in [4.69, 9.17) is 14.2 Å². The molecule has 6 heteroatoms. The summed E-state index contributed by atoms with van der Waals surface area (Å²) in [4.78, 5) is 2.45. The molecule has 0 spiro atoms. The number of rotatable bonds is 6. The van der Waals surface area contributed by atoms with Crippen molar-refractivity contribution < 1.29 is 19.3 Å². The second-order valence-electron chi connectivity index (χ2n) is 7.33. The van der Waals surface area contributed by atoms with Crippen molar-refractivity contribution in [1.29, 1.82) is 0 Å². The van der Waals surface area contributed by atoms with Crippen molar-refractivity contribution in [2.45, 2.75) is 31.4 Å². The standard InChI is InChI=1S/C22H28N2O4/c1-26-20-10-3-2-8-18(20)24-12-5-4-7-16(24)13-23-14-17-15-27-21-11-6-9-19(25)22(21)28-17/h2-3,6,8-11,16-17,23,25H,4-5,7,12-15H2,1H3. The van der Waals surface area contributed by atoms with Gasteiger partial charge in [-0.3, -0.25) is 0 Å². The molecule has 0 bridgehead atoms. The van der Waals surface area contributed by atoms with Gasteiger partial charge in [0.1, 0.15) is 18.5 Å². The van der Waals surface area contributed by atoms with E-state index in [-0.39, 0.29) is 11.9 Å². The molecule has 1 fully saturated rings. The number of para-hydroxylation sites is 3. The fourth-order valence-electron chi connectivity index (χ4n) is 4.03. The van der Waals surface area contributed by atoms with Gasteiger partial charge in [-0.1, -0.05) is 18.2 Å². The van der Waals surface area contributed by atoms with Crippen LogP contribution >= 0.6 is 0 Å². The highest BCUT2D eigenvalue weighted by Crippen LogP contribution is 2.39. The number of ether oxygens (including phenoxy) is 3. The highest BCUT2D eigenvalue weighted by atomic mass is 16.6. The maximum absolute atomic E-state index is 9.97. The third kappa shape index (κ3) is 3.97. The van der Waals surface area contributed by atoms with Crippen molar-refractivity contribution in [2.75, 3.05) is 38.3 Å². The van der Waals surface area contributed by atoms with E-state index >= 15 is 0 Å². The van der Waals surface area contributed by atoms with Gasteiger partial charge in [-0.05, 0) is 43.5 Å². The number of nitrogens with one attached hydrogen (secondary N) is 1. The van der Waals surface area contributed by atoms with Crippen LogP contribution in [0, 0.1) is 0 Å². The molecule has 0 saturated carbocycles. The Labute approximate surface area is 166 Å². The summed E-state index contributed by atoms with van der Waals surface area (Å²) in [6, 6.07) is 13.8. The molecule has 1 saturated heterocycles. The van der Waals surface area contributed by atoms with E-state index < -0.39 is 0 Å². The molecular formula is C22H28N2O4. The summed E-state index contributed by atoms with van der Waals surface area (Å²) in [7, 11) is 1.73. The van der Waals surface area contributed by atoms with Crippen LogP contribution in [0.4, 0.5) is 5.69 Å². The number of hydrogen-bond donors (Lipinski definition) is 2. The van der Waals surface area contributed by atoms with E-state index in [1.54, 1.807) is 19.2 Å². The van der Waals surface area contributed by atoms with Crippen molar-refractivity contribution in [3.8, 4) is 23.0 Å². The predicted molar refractivity (Wildman–Crippen MR) is 109 cm³/mol. The van der Waals surface area contributed by atoms with Crippen molar-refractivity contribution in [3.05, 3.63) is 42.5 Å². The molecule has 2 aromatic rings. The molecule has 0 aliphatic carbocycles. The number of hydrogen-bond acceptors (Lipinski definition) is 6. The zero-order valence-corrected chi connectivity index (χ0v) is 16.3. The first-order valence-corrected chi connectivity index (χ1v) is 9.98. The van der Waals surface area contributed by atoms with E-state index in [1.807, 2.05) is 18.2 Å². The lowest BCUT2D eigenvalue weighted by molar-refractivity contribution is 0.0863. The minimum atomic E-state index is -0.121. The monoisotopic (exact) mass is 384 g/mol. The number of fused-ring (bicyclic) bond motifs is 1. The summed E-state index contributed by atoms with van der Waals surface area (Å²) in [6.45, 7) is 3.05. The van der Waals surface area contributed by atoms with Crippen LogP contribution in [0.25, 0.3) is 0 Å². The normalized spacial score (nSPS) is 21.4. The van der Waals surface area contributed by atoms with Crippen LogP contribution in [0.3, 0.4) is 0 Å². The van der Waals surface area contributed by atoms with Crippen LogP contribution in [0.1, 0.15) is 19.3 Å². The largest absolute Gasteiger partial charge is 0.504 e. The number of benzene rings is 2. The zero-order valence-electron chi connectivity index (χ0n) is 16.3. The van der Waals surface area contributed by atoms with Crippen LogP contribution in [0.15, 0.2) is 42.5 Å². The first-order valence-electron chi connectivity index (χ1n) is 9.98. The molecule has 2 N–H and O–H groups in total. The summed E-state index contributed by atoms with van der Waals surface area (Å²) >= 11 is 0. The maximum atomic E-state index is 9.97. The fourth-order valence-corrected chi connectivity index (χ4v) is 4.03. The Morgan fingerprint density at radius 3 is 2.93 bits per heavy atom. The summed E-state index contributed by atoms with van der Waals surface area (Å²) in [5.41, 5.74) is 1.16. The number of phenols is 1. The number of aromatic hydroxyl groups is 1. The predicted octanol–water partition coefficient (Wildman–Crippen LogP) is 3.19. The van der Waals surface area contributed by atoms with Crippen LogP contribution < -0.4 is 24.4 Å². The van der Waals surface area contributed by atoms with Crippen LogP contribution in [-0.2, 0) is 0 Å². The van der Waals surface area contributed by atoms with Gasteiger partial charge in [0, 0.05) is 25.7 Å². The molecular weight excluding hydrogens is 356 g/mol. The first-order chi connectivity index (χ1) is 13.8. The van der Waals surface area contributed by atoms with Crippen molar-refractivity contribution in [1.82, 2.24) is 5.32 Å². The summed E-state index contributed by atoms with van der Waals surface area (Å²) in [6.07, 6.45) is 3.47. The second-order valence-corrected chi connectivity index (χ2v) is 7.33. The lowest BCUT2D eigenvalue weighted by atomic mass is 10.0. The third-order valence-electron chi connectivity index (χ3n) is 5.44. The number of anilines is 1.